The zero-order valence-electron chi connectivity index (χ0n) is 17.8. The largest absolute Gasteiger partial charge is 0.490 e. The van der Waals surface area contributed by atoms with Crippen LogP contribution < -0.4 is 4.74 Å². The molecule has 1 amide bonds. The third-order valence-electron chi connectivity index (χ3n) is 7.06. The van der Waals surface area contributed by atoms with Crippen molar-refractivity contribution >= 4 is 5.91 Å². The van der Waals surface area contributed by atoms with Crippen LogP contribution in [0, 0.1) is 0 Å². The van der Waals surface area contributed by atoms with Crippen LogP contribution in [-0.2, 0) is 0 Å². The summed E-state index contributed by atoms with van der Waals surface area (Å²) in [5.74, 6) is 1.10. The van der Waals surface area contributed by atoms with Crippen molar-refractivity contribution in [3.63, 3.8) is 0 Å². The summed E-state index contributed by atoms with van der Waals surface area (Å²) in [5.41, 5.74) is 2.99. The molecule has 0 aromatic heterocycles. The summed E-state index contributed by atoms with van der Waals surface area (Å²) in [5, 5.41) is 0. The van der Waals surface area contributed by atoms with Crippen molar-refractivity contribution in [2.75, 3.05) is 26.2 Å². The molecule has 2 aromatic rings. The highest BCUT2D eigenvalue weighted by Crippen LogP contribution is 2.29. The molecule has 4 heteroatoms. The number of carbonyl (C=O) groups excluding carboxylic acids is 1. The first-order valence-corrected chi connectivity index (χ1v) is 11.7. The highest BCUT2D eigenvalue weighted by atomic mass is 16.5. The third kappa shape index (κ3) is 4.24. The molecule has 2 aliphatic heterocycles. The lowest BCUT2D eigenvalue weighted by atomic mass is 9.90. The van der Waals surface area contributed by atoms with Gasteiger partial charge in [0.05, 0.1) is 0 Å². The van der Waals surface area contributed by atoms with Gasteiger partial charge in [-0.05, 0) is 73.9 Å². The van der Waals surface area contributed by atoms with Gasteiger partial charge in [-0.15, -0.1) is 0 Å². The molecule has 4 nitrogen and oxygen atoms in total. The first-order chi connectivity index (χ1) is 14.8. The van der Waals surface area contributed by atoms with E-state index in [0.29, 0.717) is 6.10 Å². The summed E-state index contributed by atoms with van der Waals surface area (Å²) in [4.78, 5) is 17.3. The standard InChI is InChI=1S/C26H32N2O2/c29-26(28-15-1-2-16-28)22-6-3-5-21(19-22)20-9-11-24(12-10-20)30-25-13-17-27(18-14-25)23-7-4-8-23/h3,5-6,9-12,19,23,25H,1-2,4,7-8,13-18H2. The highest BCUT2D eigenvalue weighted by Gasteiger charge is 2.29. The Morgan fingerprint density at radius 1 is 0.800 bits per heavy atom. The van der Waals surface area contributed by atoms with Crippen LogP contribution in [0.25, 0.3) is 11.1 Å². The SMILES string of the molecule is O=C(c1cccc(-c2ccc(OC3CCN(C4CCC4)CC3)cc2)c1)N1CCCC1. The van der Waals surface area contributed by atoms with E-state index in [-0.39, 0.29) is 5.91 Å². The normalized spacial score (nSPS) is 20.9. The molecule has 2 aromatic carbocycles. The quantitative estimate of drug-likeness (QED) is 0.704. The minimum atomic E-state index is 0.155. The second kappa shape index (κ2) is 8.81. The van der Waals surface area contributed by atoms with E-state index >= 15 is 0 Å². The number of carbonyl (C=O) groups is 1. The molecule has 0 spiro atoms. The number of ether oxygens (including phenoxy) is 1. The summed E-state index contributed by atoms with van der Waals surface area (Å²) in [7, 11) is 0. The number of hydrogen-bond donors (Lipinski definition) is 0. The van der Waals surface area contributed by atoms with E-state index in [4.69, 9.17) is 4.74 Å². The maximum absolute atomic E-state index is 12.7. The maximum Gasteiger partial charge on any atom is 0.253 e. The van der Waals surface area contributed by atoms with Crippen molar-refractivity contribution in [2.24, 2.45) is 0 Å². The minimum Gasteiger partial charge on any atom is -0.490 e. The molecule has 3 aliphatic rings. The predicted octanol–water partition coefficient (Wildman–Crippen LogP) is 4.99. The summed E-state index contributed by atoms with van der Waals surface area (Å²) < 4.78 is 6.27. The highest BCUT2D eigenvalue weighted by molar-refractivity contribution is 5.95. The van der Waals surface area contributed by atoms with Crippen molar-refractivity contribution < 1.29 is 9.53 Å². The Morgan fingerprint density at radius 3 is 2.20 bits per heavy atom. The molecule has 1 saturated carbocycles. The molecule has 0 N–H and O–H groups in total. The molecule has 0 radical (unpaired) electrons. The second-order valence-electron chi connectivity index (χ2n) is 9.04. The van der Waals surface area contributed by atoms with Gasteiger partial charge < -0.3 is 14.5 Å². The molecule has 30 heavy (non-hydrogen) atoms. The Labute approximate surface area is 179 Å². The number of piperidine rings is 1. The van der Waals surface area contributed by atoms with Gasteiger partial charge in [0.2, 0.25) is 0 Å². The number of likely N-dealkylation sites (tertiary alicyclic amines) is 2. The molecule has 5 rings (SSSR count). The number of nitrogens with zero attached hydrogens (tertiary/aromatic N) is 2. The van der Waals surface area contributed by atoms with E-state index in [0.717, 1.165) is 67.3 Å². The van der Waals surface area contributed by atoms with E-state index in [1.54, 1.807) is 0 Å². The summed E-state index contributed by atoms with van der Waals surface area (Å²) in [6, 6.07) is 17.2. The topological polar surface area (TPSA) is 32.8 Å². The average Bonchev–Trinajstić information content (AvgIpc) is 3.29. The van der Waals surface area contributed by atoms with Gasteiger partial charge in [0.1, 0.15) is 11.9 Å². The van der Waals surface area contributed by atoms with Crippen LogP contribution in [0.3, 0.4) is 0 Å². The van der Waals surface area contributed by atoms with E-state index in [9.17, 15) is 4.79 Å². The van der Waals surface area contributed by atoms with Gasteiger partial charge in [-0.25, -0.2) is 0 Å². The fraction of sp³-hybridized carbons (Fsp3) is 0.500. The van der Waals surface area contributed by atoms with Crippen LogP contribution in [0.1, 0.15) is 55.3 Å². The smallest absolute Gasteiger partial charge is 0.253 e. The van der Waals surface area contributed by atoms with Gasteiger partial charge in [0.25, 0.3) is 5.91 Å². The molecule has 0 bridgehead atoms. The van der Waals surface area contributed by atoms with Gasteiger partial charge in [-0.3, -0.25) is 4.79 Å². The zero-order chi connectivity index (χ0) is 20.3. The molecular formula is C26H32N2O2. The molecule has 2 heterocycles. The second-order valence-corrected chi connectivity index (χ2v) is 9.04. The average molecular weight is 405 g/mol. The summed E-state index contributed by atoms with van der Waals surface area (Å²) in [6.45, 7) is 4.11. The Morgan fingerprint density at radius 2 is 1.53 bits per heavy atom. The molecular weight excluding hydrogens is 372 g/mol. The lowest BCUT2D eigenvalue weighted by molar-refractivity contribution is 0.0493. The van der Waals surface area contributed by atoms with Crippen molar-refractivity contribution in [2.45, 2.75) is 57.1 Å². The van der Waals surface area contributed by atoms with Crippen molar-refractivity contribution in [3.8, 4) is 16.9 Å². The molecule has 0 unspecified atom stereocenters. The number of rotatable bonds is 5. The Kier molecular flexibility index (Phi) is 5.76. The first-order valence-electron chi connectivity index (χ1n) is 11.7. The Hall–Kier alpha value is -2.33. The molecule has 158 valence electrons. The van der Waals surface area contributed by atoms with E-state index in [1.807, 2.05) is 23.1 Å². The first kappa shape index (κ1) is 19.6. The van der Waals surface area contributed by atoms with Gasteiger partial charge in [0, 0.05) is 37.8 Å². The third-order valence-corrected chi connectivity index (χ3v) is 7.06. The lowest BCUT2D eigenvalue weighted by Gasteiger charge is -2.41. The molecule has 1 aliphatic carbocycles. The van der Waals surface area contributed by atoms with Crippen LogP contribution >= 0.6 is 0 Å². The minimum absolute atomic E-state index is 0.155. The predicted molar refractivity (Wildman–Crippen MR) is 120 cm³/mol. The van der Waals surface area contributed by atoms with Crippen LogP contribution in [0.2, 0.25) is 0 Å². The van der Waals surface area contributed by atoms with E-state index in [2.05, 4.69) is 35.2 Å². The number of hydrogen-bond acceptors (Lipinski definition) is 3. The Bertz CT molecular complexity index is 861. The van der Waals surface area contributed by atoms with Crippen LogP contribution in [0.5, 0.6) is 5.75 Å². The van der Waals surface area contributed by atoms with Crippen molar-refractivity contribution in [1.82, 2.24) is 9.80 Å². The number of benzene rings is 2. The van der Waals surface area contributed by atoms with Crippen LogP contribution in [-0.4, -0.2) is 54.0 Å². The Balaban J connectivity index is 1.20. The monoisotopic (exact) mass is 404 g/mol. The number of amides is 1. The zero-order valence-corrected chi connectivity index (χ0v) is 17.8. The summed E-state index contributed by atoms with van der Waals surface area (Å²) >= 11 is 0. The van der Waals surface area contributed by atoms with Gasteiger partial charge in [0.15, 0.2) is 0 Å². The van der Waals surface area contributed by atoms with Crippen molar-refractivity contribution in [3.05, 3.63) is 54.1 Å². The van der Waals surface area contributed by atoms with Gasteiger partial charge in [-0.1, -0.05) is 30.7 Å². The molecule has 0 atom stereocenters. The lowest BCUT2D eigenvalue weighted by Crippen LogP contribution is -2.46. The van der Waals surface area contributed by atoms with E-state index < -0.39 is 0 Å². The fourth-order valence-corrected chi connectivity index (χ4v) is 4.96. The molecule has 2 saturated heterocycles. The van der Waals surface area contributed by atoms with Crippen molar-refractivity contribution in [1.29, 1.82) is 0 Å². The van der Waals surface area contributed by atoms with Crippen LogP contribution in [0.4, 0.5) is 0 Å². The van der Waals surface area contributed by atoms with Gasteiger partial charge in [-0.2, -0.15) is 0 Å². The fourth-order valence-electron chi connectivity index (χ4n) is 4.96. The summed E-state index contributed by atoms with van der Waals surface area (Å²) in [6.07, 6.45) is 8.99. The van der Waals surface area contributed by atoms with E-state index in [1.165, 1.54) is 32.4 Å². The van der Waals surface area contributed by atoms with Gasteiger partial charge >= 0.3 is 0 Å². The molecule has 3 fully saturated rings. The maximum atomic E-state index is 12.7. The van der Waals surface area contributed by atoms with Crippen LogP contribution in [0.15, 0.2) is 48.5 Å².